The Hall–Kier alpha value is -1.64. The fourth-order valence-corrected chi connectivity index (χ4v) is 5.06. The van der Waals surface area contributed by atoms with E-state index >= 15 is 0 Å². The molecule has 2 rings (SSSR count). The first-order chi connectivity index (χ1) is 13.2. The van der Waals surface area contributed by atoms with Crippen LogP contribution in [0.1, 0.15) is 45.1 Å². The van der Waals surface area contributed by atoms with Crippen LogP contribution in [0, 0.1) is 5.92 Å². The van der Waals surface area contributed by atoms with Crippen LogP contribution in [0.3, 0.4) is 0 Å². The summed E-state index contributed by atoms with van der Waals surface area (Å²) in [6.45, 7) is 7.00. The minimum absolute atomic E-state index is 0.0408. The SMILES string of the molecule is COC[C@H](C)NC(=O)C1CCN(S(=O)(=O)c2cc(C(C)C)ccc2OC)CC1. The lowest BCUT2D eigenvalue weighted by atomic mass is 9.97. The topological polar surface area (TPSA) is 84.9 Å². The zero-order valence-corrected chi connectivity index (χ0v) is 18.2. The molecule has 7 nitrogen and oxygen atoms in total. The van der Waals surface area contributed by atoms with Crippen LogP contribution in [0.2, 0.25) is 0 Å². The van der Waals surface area contributed by atoms with E-state index < -0.39 is 10.0 Å². The third-order valence-electron chi connectivity index (χ3n) is 5.10. The first-order valence-corrected chi connectivity index (χ1v) is 11.1. The van der Waals surface area contributed by atoms with Gasteiger partial charge in [0.25, 0.3) is 0 Å². The molecule has 1 heterocycles. The molecule has 1 atom stereocenters. The monoisotopic (exact) mass is 412 g/mol. The lowest BCUT2D eigenvalue weighted by molar-refractivity contribution is -0.127. The second-order valence-corrected chi connectivity index (χ2v) is 9.51. The van der Waals surface area contributed by atoms with Gasteiger partial charge in [0.05, 0.1) is 13.7 Å². The molecule has 1 aromatic carbocycles. The Morgan fingerprint density at radius 1 is 1.21 bits per heavy atom. The molecule has 8 heteroatoms. The highest BCUT2D eigenvalue weighted by atomic mass is 32.2. The van der Waals surface area contributed by atoms with E-state index in [1.165, 1.54) is 11.4 Å². The van der Waals surface area contributed by atoms with Gasteiger partial charge in [0, 0.05) is 32.2 Å². The van der Waals surface area contributed by atoms with Crippen molar-refractivity contribution in [1.82, 2.24) is 9.62 Å². The Balaban J connectivity index is 2.11. The number of hydrogen-bond acceptors (Lipinski definition) is 5. The van der Waals surface area contributed by atoms with E-state index in [-0.39, 0.29) is 28.7 Å². The van der Waals surface area contributed by atoms with Gasteiger partial charge in [-0.2, -0.15) is 4.31 Å². The fourth-order valence-electron chi connectivity index (χ4n) is 3.40. The maximum atomic E-state index is 13.2. The summed E-state index contributed by atoms with van der Waals surface area (Å²) in [6.07, 6.45) is 0.994. The van der Waals surface area contributed by atoms with Gasteiger partial charge >= 0.3 is 0 Å². The van der Waals surface area contributed by atoms with E-state index in [9.17, 15) is 13.2 Å². The average Bonchev–Trinajstić information content (AvgIpc) is 2.67. The van der Waals surface area contributed by atoms with Gasteiger partial charge in [-0.3, -0.25) is 4.79 Å². The first-order valence-electron chi connectivity index (χ1n) is 9.68. The number of methoxy groups -OCH3 is 2. The van der Waals surface area contributed by atoms with E-state index in [2.05, 4.69) is 5.32 Å². The highest BCUT2D eigenvalue weighted by Crippen LogP contribution is 2.32. The normalized spacial score (nSPS) is 17.5. The summed E-state index contributed by atoms with van der Waals surface area (Å²) in [7, 11) is -0.620. The van der Waals surface area contributed by atoms with Crippen molar-refractivity contribution in [3.05, 3.63) is 23.8 Å². The van der Waals surface area contributed by atoms with E-state index in [4.69, 9.17) is 9.47 Å². The van der Waals surface area contributed by atoms with Gasteiger partial charge in [0.1, 0.15) is 10.6 Å². The maximum absolute atomic E-state index is 13.2. The number of piperidine rings is 1. The molecule has 1 amide bonds. The molecule has 0 unspecified atom stereocenters. The largest absolute Gasteiger partial charge is 0.495 e. The van der Waals surface area contributed by atoms with Crippen LogP contribution in [-0.2, 0) is 19.6 Å². The minimum atomic E-state index is -3.68. The molecule has 1 aliphatic heterocycles. The number of benzene rings is 1. The summed E-state index contributed by atoms with van der Waals surface area (Å²) in [5, 5.41) is 2.92. The Morgan fingerprint density at radius 2 is 1.86 bits per heavy atom. The standard InChI is InChI=1S/C20H32N2O5S/c1-14(2)17-6-7-18(27-5)19(12-17)28(24,25)22-10-8-16(9-11-22)20(23)21-15(3)13-26-4/h6-7,12,14-16H,8-11,13H2,1-5H3,(H,21,23)/t15-/m0/s1. The quantitative estimate of drug-likeness (QED) is 0.709. The molecular formula is C20H32N2O5S. The smallest absolute Gasteiger partial charge is 0.246 e. The van der Waals surface area contributed by atoms with Crippen LogP contribution >= 0.6 is 0 Å². The van der Waals surface area contributed by atoms with Gasteiger partial charge in [0.15, 0.2) is 0 Å². The number of ether oxygens (including phenoxy) is 2. The molecule has 0 aromatic heterocycles. The molecule has 0 aliphatic carbocycles. The molecule has 1 fully saturated rings. The van der Waals surface area contributed by atoms with Gasteiger partial charge in [-0.15, -0.1) is 0 Å². The summed E-state index contributed by atoms with van der Waals surface area (Å²) in [6, 6.07) is 5.23. The van der Waals surface area contributed by atoms with E-state index in [1.807, 2.05) is 26.8 Å². The number of sulfonamides is 1. The van der Waals surface area contributed by atoms with Gasteiger partial charge in [-0.1, -0.05) is 19.9 Å². The Bertz CT molecular complexity index is 771. The number of hydrogen-bond donors (Lipinski definition) is 1. The molecule has 0 spiro atoms. The minimum Gasteiger partial charge on any atom is -0.495 e. The highest BCUT2D eigenvalue weighted by molar-refractivity contribution is 7.89. The number of nitrogens with one attached hydrogen (secondary N) is 1. The zero-order valence-electron chi connectivity index (χ0n) is 17.4. The molecule has 1 aromatic rings. The second kappa shape index (κ2) is 9.71. The number of amides is 1. The lowest BCUT2D eigenvalue weighted by Crippen LogP contribution is -2.45. The number of carbonyl (C=O) groups excluding carboxylic acids is 1. The van der Waals surface area contributed by atoms with Crippen LogP contribution in [0.5, 0.6) is 5.75 Å². The van der Waals surface area contributed by atoms with Crippen molar-refractivity contribution < 1.29 is 22.7 Å². The van der Waals surface area contributed by atoms with Crippen LogP contribution in [0.15, 0.2) is 23.1 Å². The van der Waals surface area contributed by atoms with Crippen molar-refractivity contribution in [2.75, 3.05) is 33.9 Å². The molecule has 28 heavy (non-hydrogen) atoms. The Morgan fingerprint density at radius 3 is 2.39 bits per heavy atom. The average molecular weight is 413 g/mol. The lowest BCUT2D eigenvalue weighted by Gasteiger charge is -2.31. The molecular weight excluding hydrogens is 380 g/mol. The molecule has 0 bridgehead atoms. The number of nitrogens with zero attached hydrogens (tertiary/aromatic N) is 1. The molecule has 0 radical (unpaired) electrons. The van der Waals surface area contributed by atoms with Crippen LogP contribution < -0.4 is 10.1 Å². The maximum Gasteiger partial charge on any atom is 0.246 e. The van der Waals surface area contributed by atoms with E-state index in [0.717, 1.165) is 5.56 Å². The summed E-state index contributed by atoms with van der Waals surface area (Å²) < 4.78 is 38.2. The van der Waals surface area contributed by atoms with Crippen molar-refractivity contribution in [2.24, 2.45) is 5.92 Å². The van der Waals surface area contributed by atoms with E-state index in [1.54, 1.807) is 19.2 Å². The van der Waals surface area contributed by atoms with Gasteiger partial charge < -0.3 is 14.8 Å². The highest BCUT2D eigenvalue weighted by Gasteiger charge is 2.34. The number of carbonyl (C=O) groups is 1. The summed E-state index contributed by atoms with van der Waals surface area (Å²) in [5.41, 5.74) is 0.945. The van der Waals surface area contributed by atoms with Gasteiger partial charge in [-0.25, -0.2) is 8.42 Å². The number of rotatable bonds is 8. The third kappa shape index (κ3) is 5.24. The van der Waals surface area contributed by atoms with Crippen LogP contribution in [-0.4, -0.2) is 58.6 Å². The molecule has 1 aliphatic rings. The first kappa shape index (κ1) is 22.6. The predicted octanol–water partition coefficient (Wildman–Crippen LogP) is 2.37. The summed E-state index contributed by atoms with van der Waals surface area (Å²) in [5.74, 6) is 0.330. The van der Waals surface area contributed by atoms with Crippen molar-refractivity contribution in [2.45, 2.75) is 50.5 Å². The van der Waals surface area contributed by atoms with E-state index in [0.29, 0.717) is 38.3 Å². The van der Waals surface area contributed by atoms with Crippen LogP contribution in [0.25, 0.3) is 0 Å². The van der Waals surface area contributed by atoms with Crippen molar-refractivity contribution in [3.63, 3.8) is 0 Å². The zero-order chi connectivity index (χ0) is 20.9. The third-order valence-corrected chi connectivity index (χ3v) is 7.02. The Kier molecular flexibility index (Phi) is 7.86. The molecule has 1 N–H and O–H groups in total. The van der Waals surface area contributed by atoms with Crippen molar-refractivity contribution in [3.8, 4) is 5.75 Å². The molecule has 1 saturated heterocycles. The Labute approximate surface area is 168 Å². The van der Waals surface area contributed by atoms with Crippen molar-refractivity contribution >= 4 is 15.9 Å². The molecule has 158 valence electrons. The molecule has 0 saturated carbocycles. The fraction of sp³-hybridized carbons (Fsp3) is 0.650. The van der Waals surface area contributed by atoms with Gasteiger partial charge in [-0.05, 0) is 43.4 Å². The second-order valence-electron chi connectivity index (χ2n) is 7.61. The predicted molar refractivity (Wildman–Crippen MR) is 108 cm³/mol. The van der Waals surface area contributed by atoms with Crippen LogP contribution in [0.4, 0.5) is 0 Å². The summed E-state index contributed by atoms with van der Waals surface area (Å²) in [4.78, 5) is 12.6. The van der Waals surface area contributed by atoms with Crippen molar-refractivity contribution in [1.29, 1.82) is 0 Å². The summed E-state index contributed by atoms with van der Waals surface area (Å²) >= 11 is 0. The van der Waals surface area contributed by atoms with Gasteiger partial charge in [0.2, 0.25) is 15.9 Å².